The van der Waals surface area contributed by atoms with Crippen LogP contribution < -0.4 is 17.2 Å². The van der Waals surface area contributed by atoms with Gasteiger partial charge in [-0.15, -0.1) is 0 Å². The van der Waals surface area contributed by atoms with Crippen molar-refractivity contribution in [1.29, 1.82) is 0 Å². The molecule has 0 aromatic heterocycles. The third kappa shape index (κ3) is 11.0. The molecule has 6 nitrogen and oxygen atoms in total. The highest BCUT2D eigenvalue weighted by Gasteiger charge is 2.30. The van der Waals surface area contributed by atoms with E-state index in [0.717, 1.165) is 32.3 Å². The summed E-state index contributed by atoms with van der Waals surface area (Å²) in [6, 6.07) is 0. The molecule has 0 amide bonds. The van der Waals surface area contributed by atoms with Crippen LogP contribution in [0.15, 0.2) is 0 Å². The standard InChI is InChI=1S/C15H35N3O3/c1-2-3-8-19-12-15(11-18,13-20-9-4-6-16)14-21-10-5-7-17/h2-14,16-18H2,1H3. The van der Waals surface area contributed by atoms with Gasteiger partial charge in [-0.05, 0) is 32.4 Å². The second kappa shape index (κ2) is 14.7. The minimum Gasteiger partial charge on any atom is -0.381 e. The normalized spacial score (nSPS) is 12.0. The molecule has 6 N–H and O–H groups in total. The van der Waals surface area contributed by atoms with Gasteiger partial charge in [0.05, 0.1) is 25.2 Å². The highest BCUT2D eigenvalue weighted by Crippen LogP contribution is 2.18. The molecule has 0 aliphatic rings. The predicted octanol–water partition coefficient (Wildman–Crippen LogP) is 0.479. The van der Waals surface area contributed by atoms with Gasteiger partial charge in [-0.2, -0.15) is 0 Å². The molecule has 0 saturated carbocycles. The number of hydrogen-bond acceptors (Lipinski definition) is 6. The number of rotatable bonds is 16. The predicted molar refractivity (Wildman–Crippen MR) is 86.2 cm³/mol. The molecule has 0 radical (unpaired) electrons. The molecular formula is C15H35N3O3. The van der Waals surface area contributed by atoms with Crippen molar-refractivity contribution in [3.8, 4) is 0 Å². The van der Waals surface area contributed by atoms with Gasteiger partial charge < -0.3 is 31.4 Å². The molecule has 0 aromatic carbocycles. The highest BCUT2D eigenvalue weighted by atomic mass is 16.5. The highest BCUT2D eigenvalue weighted by molar-refractivity contribution is 4.80. The van der Waals surface area contributed by atoms with Crippen LogP contribution in [0.3, 0.4) is 0 Å². The van der Waals surface area contributed by atoms with Gasteiger partial charge >= 0.3 is 0 Å². The lowest BCUT2D eigenvalue weighted by molar-refractivity contribution is -0.0652. The fourth-order valence-corrected chi connectivity index (χ4v) is 1.78. The molecule has 0 aliphatic carbocycles. The van der Waals surface area contributed by atoms with E-state index in [2.05, 4.69) is 6.92 Å². The smallest absolute Gasteiger partial charge is 0.0579 e. The SMILES string of the molecule is CCCCOCC(CN)(COCCCN)COCCCN. The lowest BCUT2D eigenvalue weighted by Gasteiger charge is -2.32. The number of nitrogens with two attached hydrogens (primary N) is 3. The zero-order chi connectivity index (χ0) is 15.8. The molecule has 0 aliphatic heterocycles. The van der Waals surface area contributed by atoms with Crippen LogP contribution in [-0.4, -0.2) is 59.3 Å². The fraction of sp³-hybridized carbons (Fsp3) is 1.00. The third-order valence-electron chi connectivity index (χ3n) is 3.29. The Labute approximate surface area is 129 Å². The van der Waals surface area contributed by atoms with Gasteiger partial charge in [0.2, 0.25) is 0 Å². The van der Waals surface area contributed by atoms with Crippen LogP contribution in [0.4, 0.5) is 0 Å². The first kappa shape index (κ1) is 20.8. The van der Waals surface area contributed by atoms with Gasteiger partial charge in [-0.1, -0.05) is 13.3 Å². The van der Waals surface area contributed by atoms with Crippen molar-refractivity contribution >= 4 is 0 Å². The molecule has 0 bridgehead atoms. The summed E-state index contributed by atoms with van der Waals surface area (Å²) in [6.45, 7) is 7.59. The Bertz CT molecular complexity index is 187. The first-order chi connectivity index (χ1) is 10.2. The maximum Gasteiger partial charge on any atom is 0.0579 e. The van der Waals surface area contributed by atoms with Gasteiger partial charge in [0.25, 0.3) is 0 Å². The lowest BCUT2D eigenvalue weighted by atomic mass is 9.91. The second-order valence-electron chi connectivity index (χ2n) is 5.50. The maximum absolute atomic E-state index is 5.96. The minimum absolute atomic E-state index is 0.281. The van der Waals surface area contributed by atoms with E-state index in [9.17, 15) is 0 Å². The van der Waals surface area contributed by atoms with Crippen molar-refractivity contribution in [2.75, 3.05) is 59.3 Å². The zero-order valence-corrected chi connectivity index (χ0v) is 13.6. The molecular weight excluding hydrogens is 270 g/mol. The quantitative estimate of drug-likeness (QED) is 0.358. The van der Waals surface area contributed by atoms with Crippen LogP contribution in [0.1, 0.15) is 32.6 Å². The molecule has 6 heteroatoms. The van der Waals surface area contributed by atoms with Crippen LogP contribution >= 0.6 is 0 Å². The molecule has 0 fully saturated rings. The van der Waals surface area contributed by atoms with E-state index in [1.54, 1.807) is 0 Å². The number of hydrogen-bond donors (Lipinski definition) is 3. The molecule has 0 rings (SSSR count). The summed E-state index contributed by atoms with van der Waals surface area (Å²) >= 11 is 0. The van der Waals surface area contributed by atoms with E-state index in [4.69, 9.17) is 31.4 Å². The van der Waals surface area contributed by atoms with E-state index < -0.39 is 0 Å². The van der Waals surface area contributed by atoms with Crippen LogP contribution in [0, 0.1) is 5.41 Å². The van der Waals surface area contributed by atoms with Gasteiger partial charge in [0, 0.05) is 26.4 Å². The van der Waals surface area contributed by atoms with Crippen LogP contribution in [0.5, 0.6) is 0 Å². The number of ether oxygens (including phenoxy) is 3. The topological polar surface area (TPSA) is 106 Å². The Morgan fingerprint density at radius 2 is 1.14 bits per heavy atom. The van der Waals surface area contributed by atoms with Gasteiger partial charge in [0.15, 0.2) is 0 Å². The summed E-state index contributed by atoms with van der Waals surface area (Å²) in [5.74, 6) is 0. The Morgan fingerprint density at radius 1 is 0.714 bits per heavy atom. The average molecular weight is 305 g/mol. The third-order valence-corrected chi connectivity index (χ3v) is 3.29. The van der Waals surface area contributed by atoms with Crippen molar-refractivity contribution in [2.24, 2.45) is 22.6 Å². The van der Waals surface area contributed by atoms with Crippen molar-refractivity contribution in [3.05, 3.63) is 0 Å². The lowest BCUT2D eigenvalue weighted by Crippen LogP contribution is -2.44. The molecule has 128 valence electrons. The molecule has 0 saturated heterocycles. The van der Waals surface area contributed by atoms with E-state index in [1.807, 2.05) is 0 Å². The Balaban J connectivity index is 4.22. The summed E-state index contributed by atoms with van der Waals surface area (Å²) in [6.07, 6.45) is 3.88. The Kier molecular flexibility index (Phi) is 14.5. The Hall–Kier alpha value is -0.240. The first-order valence-corrected chi connectivity index (χ1v) is 8.08. The van der Waals surface area contributed by atoms with Crippen molar-refractivity contribution in [1.82, 2.24) is 0 Å². The van der Waals surface area contributed by atoms with E-state index >= 15 is 0 Å². The summed E-state index contributed by atoms with van der Waals surface area (Å²) in [7, 11) is 0. The molecule has 0 unspecified atom stereocenters. The second-order valence-corrected chi connectivity index (χ2v) is 5.50. The summed E-state index contributed by atoms with van der Waals surface area (Å²) in [4.78, 5) is 0. The molecule has 0 aromatic rings. The monoisotopic (exact) mass is 305 g/mol. The van der Waals surface area contributed by atoms with E-state index in [-0.39, 0.29) is 5.41 Å². The average Bonchev–Trinajstić information content (AvgIpc) is 2.51. The van der Waals surface area contributed by atoms with Gasteiger partial charge in [-0.25, -0.2) is 0 Å². The number of unbranched alkanes of at least 4 members (excludes halogenated alkanes) is 1. The van der Waals surface area contributed by atoms with Gasteiger partial charge in [-0.3, -0.25) is 0 Å². The Morgan fingerprint density at radius 3 is 1.48 bits per heavy atom. The fourth-order valence-electron chi connectivity index (χ4n) is 1.78. The summed E-state index contributed by atoms with van der Waals surface area (Å²) < 4.78 is 17.2. The molecule has 0 spiro atoms. The van der Waals surface area contributed by atoms with Crippen LogP contribution in [0.2, 0.25) is 0 Å². The largest absolute Gasteiger partial charge is 0.381 e. The molecule has 0 heterocycles. The minimum atomic E-state index is -0.281. The van der Waals surface area contributed by atoms with Crippen molar-refractivity contribution in [2.45, 2.75) is 32.6 Å². The van der Waals surface area contributed by atoms with Crippen LogP contribution in [0.25, 0.3) is 0 Å². The zero-order valence-electron chi connectivity index (χ0n) is 13.6. The van der Waals surface area contributed by atoms with Gasteiger partial charge in [0.1, 0.15) is 0 Å². The van der Waals surface area contributed by atoms with Crippen molar-refractivity contribution < 1.29 is 14.2 Å². The first-order valence-electron chi connectivity index (χ1n) is 8.08. The maximum atomic E-state index is 5.96. The van der Waals surface area contributed by atoms with E-state index in [1.165, 1.54) is 0 Å². The molecule has 21 heavy (non-hydrogen) atoms. The van der Waals surface area contributed by atoms with E-state index in [0.29, 0.717) is 52.7 Å². The summed E-state index contributed by atoms with van der Waals surface area (Å²) in [5.41, 5.74) is 16.6. The summed E-state index contributed by atoms with van der Waals surface area (Å²) in [5, 5.41) is 0. The van der Waals surface area contributed by atoms with Crippen LogP contribution in [-0.2, 0) is 14.2 Å². The van der Waals surface area contributed by atoms with Crippen molar-refractivity contribution in [3.63, 3.8) is 0 Å². The molecule has 0 atom stereocenters.